The number of anilines is 1. The van der Waals surface area contributed by atoms with Gasteiger partial charge < -0.3 is 5.32 Å². The number of benzene rings is 1. The molecule has 2 aromatic heterocycles. The van der Waals surface area contributed by atoms with Gasteiger partial charge in [-0.1, -0.05) is 40.9 Å². The highest BCUT2D eigenvalue weighted by molar-refractivity contribution is 9.10. The Morgan fingerprint density at radius 2 is 1.81 bits per heavy atom. The molecule has 27 heavy (non-hydrogen) atoms. The average Bonchev–Trinajstić information content (AvgIpc) is 3.11. The zero-order chi connectivity index (χ0) is 19.6. The van der Waals surface area contributed by atoms with E-state index < -0.39 is 0 Å². The number of carbonyl (C=O) groups is 1. The second-order valence-electron chi connectivity index (χ2n) is 5.85. The third-order valence-electron chi connectivity index (χ3n) is 3.81. The van der Waals surface area contributed by atoms with Crippen LogP contribution in [0, 0.1) is 6.92 Å². The average molecular weight is 492 g/mol. The van der Waals surface area contributed by atoms with Crippen molar-refractivity contribution in [1.29, 1.82) is 0 Å². The summed E-state index contributed by atoms with van der Waals surface area (Å²) in [5.74, 6) is 0.0878. The lowest BCUT2D eigenvalue weighted by Gasteiger charge is -2.07. The highest BCUT2D eigenvalue weighted by Gasteiger charge is 2.13. The van der Waals surface area contributed by atoms with E-state index in [1.54, 1.807) is 33.8 Å². The molecule has 1 aromatic carbocycles. The van der Waals surface area contributed by atoms with Gasteiger partial charge in [0.15, 0.2) is 5.82 Å². The van der Waals surface area contributed by atoms with Gasteiger partial charge in [-0.3, -0.25) is 14.2 Å². The molecule has 0 unspecified atom stereocenters. The molecule has 6 nitrogen and oxygen atoms in total. The molecule has 0 spiro atoms. The SMILES string of the molecule is Cc1nn(CCC(=O)Nc2nn(Cc3c(Cl)cccc3Cl)cc2Cl)cc1Br. The van der Waals surface area contributed by atoms with Crippen molar-refractivity contribution in [1.82, 2.24) is 19.6 Å². The van der Waals surface area contributed by atoms with Crippen molar-refractivity contribution < 1.29 is 4.79 Å². The van der Waals surface area contributed by atoms with Crippen molar-refractivity contribution in [3.63, 3.8) is 0 Å². The zero-order valence-corrected chi connectivity index (χ0v) is 18.1. The van der Waals surface area contributed by atoms with Crippen molar-refractivity contribution >= 4 is 62.5 Å². The molecule has 0 aliphatic rings. The number of hydrogen-bond acceptors (Lipinski definition) is 3. The highest BCUT2D eigenvalue weighted by atomic mass is 79.9. The number of nitrogens with one attached hydrogen (secondary N) is 1. The van der Waals surface area contributed by atoms with E-state index in [4.69, 9.17) is 34.8 Å². The minimum atomic E-state index is -0.206. The van der Waals surface area contributed by atoms with Crippen LogP contribution in [0.15, 0.2) is 35.1 Å². The fraction of sp³-hybridized carbons (Fsp3) is 0.235. The van der Waals surface area contributed by atoms with E-state index in [0.717, 1.165) is 15.7 Å². The van der Waals surface area contributed by atoms with Gasteiger partial charge in [-0.15, -0.1) is 0 Å². The molecule has 0 radical (unpaired) electrons. The fourth-order valence-electron chi connectivity index (χ4n) is 2.43. The van der Waals surface area contributed by atoms with E-state index in [0.29, 0.717) is 34.0 Å². The van der Waals surface area contributed by atoms with Crippen LogP contribution in [-0.4, -0.2) is 25.5 Å². The van der Waals surface area contributed by atoms with Crippen molar-refractivity contribution in [2.45, 2.75) is 26.4 Å². The van der Waals surface area contributed by atoms with Crippen LogP contribution < -0.4 is 5.32 Å². The van der Waals surface area contributed by atoms with Crippen LogP contribution >= 0.6 is 50.7 Å². The first-order chi connectivity index (χ1) is 12.8. The molecule has 0 aliphatic carbocycles. The summed E-state index contributed by atoms with van der Waals surface area (Å²) in [5, 5.41) is 12.7. The van der Waals surface area contributed by atoms with Crippen LogP contribution in [0.4, 0.5) is 5.82 Å². The van der Waals surface area contributed by atoms with E-state index in [1.807, 2.05) is 13.1 Å². The van der Waals surface area contributed by atoms with Crippen molar-refractivity contribution in [3.8, 4) is 0 Å². The van der Waals surface area contributed by atoms with Gasteiger partial charge >= 0.3 is 0 Å². The molecule has 3 rings (SSSR count). The Balaban J connectivity index is 1.63. The number of aryl methyl sites for hydroxylation is 2. The minimum absolute atomic E-state index is 0.206. The summed E-state index contributed by atoms with van der Waals surface area (Å²) in [6, 6.07) is 5.29. The fourth-order valence-corrected chi connectivity index (χ4v) is 3.46. The number of carbonyl (C=O) groups excluding carboxylic acids is 1. The minimum Gasteiger partial charge on any atom is -0.308 e. The monoisotopic (exact) mass is 489 g/mol. The smallest absolute Gasteiger partial charge is 0.227 e. The van der Waals surface area contributed by atoms with E-state index in [2.05, 4.69) is 31.4 Å². The summed E-state index contributed by atoms with van der Waals surface area (Å²) in [7, 11) is 0. The Bertz CT molecular complexity index is 945. The van der Waals surface area contributed by atoms with E-state index in [-0.39, 0.29) is 12.3 Å². The van der Waals surface area contributed by atoms with Gasteiger partial charge in [0.2, 0.25) is 5.91 Å². The maximum atomic E-state index is 12.2. The zero-order valence-electron chi connectivity index (χ0n) is 14.2. The van der Waals surface area contributed by atoms with Crippen molar-refractivity contribution in [2.24, 2.45) is 0 Å². The Morgan fingerprint density at radius 3 is 2.44 bits per heavy atom. The molecule has 10 heteroatoms. The van der Waals surface area contributed by atoms with Crippen LogP contribution in [0.5, 0.6) is 0 Å². The maximum absolute atomic E-state index is 12.2. The second-order valence-corrected chi connectivity index (χ2v) is 7.92. The van der Waals surface area contributed by atoms with E-state index in [9.17, 15) is 4.79 Å². The van der Waals surface area contributed by atoms with Crippen molar-refractivity contribution in [2.75, 3.05) is 5.32 Å². The topological polar surface area (TPSA) is 64.7 Å². The first-order valence-corrected chi connectivity index (χ1v) is 9.91. The molecule has 0 saturated heterocycles. The molecule has 0 bridgehead atoms. The van der Waals surface area contributed by atoms with Gasteiger partial charge in [0, 0.05) is 41.0 Å². The lowest BCUT2D eigenvalue weighted by Crippen LogP contribution is -2.15. The lowest BCUT2D eigenvalue weighted by molar-refractivity contribution is -0.116. The first kappa shape index (κ1) is 20.2. The third kappa shape index (κ3) is 5.04. The van der Waals surface area contributed by atoms with Crippen LogP contribution in [0.3, 0.4) is 0 Å². The largest absolute Gasteiger partial charge is 0.308 e. The third-order valence-corrected chi connectivity index (χ3v) is 5.57. The summed E-state index contributed by atoms with van der Waals surface area (Å²) in [6.07, 6.45) is 3.69. The van der Waals surface area contributed by atoms with Gasteiger partial charge in [0.05, 0.1) is 16.7 Å². The number of amides is 1. The summed E-state index contributed by atoms with van der Waals surface area (Å²) in [5.41, 5.74) is 1.60. The molecule has 3 aromatic rings. The molecule has 0 aliphatic heterocycles. The molecular formula is C17H15BrCl3N5O. The van der Waals surface area contributed by atoms with Crippen LogP contribution in [0.25, 0.3) is 0 Å². The van der Waals surface area contributed by atoms with Gasteiger partial charge in [-0.05, 0) is 35.0 Å². The molecular weight excluding hydrogens is 476 g/mol. The molecule has 0 saturated carbocycles. The van der Waals surface area contributed by atoms with Gasteiger partial charge in [0.25, 0.3) is 0 Å². The number of aromatic nitrogens is 4. The standard InChI is InChI=1S/C17H15BrCl3N5O/c1-10-12(18)8-25(23-10)6-5-16(27)22-17-15(21)9-26(24-17)7-11-13(19)3-2-4-14(11)20/h2-4,8-9H,5-7H2,1H3,(H,22,24,27). The molecule has 2 heterocycles. The Labute approximate surface area is 179 Å². The van der Waals surface area contributed by atoms with E-state index >= 15 is 0 Å². The molecule has 1 N–H and O–H groups in total. The maximum Gasteiger partial charge on any atom is 0.227 e. The molecule has 0 atom stereocenters. The quantitative estimate of drug-likeness (QED) is 0.516. The van der Waals surface area contributed by atoms with Gasteiger partial charge in [0.1, 0.15) is 5.02 Å². The van der Waals surface area contributed by atoms with Crippen molar-refractivity contribution in [3.05, 3.63) is 61.4 Å². The van der Waals surface area contributed by atoms with Gasteiger partial charge in [-0.25, -0.2) is 0 Å². The predicted octanol–water partition coefficient (Wildman–Crippen LogP) is 5.19. The summed E-state index contributed by atoms with van der Waals surface area (Å²) < 4.78 is 4.19. The molecule has 1 amide bonds. The van der Waals surface area contributed by atoms with Gasteiger partial charge in [-0.2, -0.15) is 10.2 Å². The van der Waals surface area contributed by atoms with Crippen LogP contribution in [-0.2, 0) is 17.9 Å². The van der Waals surface area contributed by atoms with E-state index in [1.165, 1.54) is 0 Å². The summed E-state index contributed by atoms with van der Waals surface area (Å²) in [6.45, 7) is 2.68. The molecule has 0 fully saturated rings. The van der Waals surface area contributed by atoms with Crippen LogP contribution in [0.2, 0.25) is 15.1 Å². The Morgan fingerprint density at radius 1 is 1.11 bits per heavy atom. The normalized spacial score (nSPS) is 11.0. The summed E-state index contributed by atoms with van der Waals surface area (Å²) >= 11 is 21.9. The lowest BCUT2D eigenvalue weighted by atomic mass is 10.2. The molecule has 142 valence electrons. The first-order valence-electron chi connectivity index (χ1n) is 7.98. The number of hydrogen-bond donors (Lipinski definition) is 1. The second kappa shape index (κ2) is 8.65. The summed E-state index contributed by atoms with van der Waals surface area (Å²) in [4.78, 5) is 12.2. The predicted molar refractivity (Wildman–Crippen MR) is 111 cm³/mol. The number of nitrogens with zero attached hydrogens (tertiary/aromatic N) is 4. The van der Waals surface area contributed by atoms with Crippen LogP contribution in [0.1, 0.15) is 17.7 Å². The Hall–Kier alpha value is -1.54. The Kier molecular flexibility index (Phi) is 6.47. The number of rotatable bonds is 6. The number of halogens is 4. The highest BCUT2D eigenvalue weighted by Crippen LogP contribution is 2.27.